The number of rotatable bonds is 14. The lowest BCUT2D eigenvalue weighted by molar-refractivity contribution is -0.142. The number of aliphatic carboxylic acids is 1. The second kappa shape index (κ2) is 14.2. The predicted molar refractivity (Wildman–Crippen MR) is 137 cm³/mol. The van der Waals surface area contributed by atoms with Gasteiger partial charge in [-0.2, -0.15) is 12.6 Å². The Morgan fingerprint density at radius 3 is 2.25 bits per heavy atom. The smallest absolute Gasteiger partial charge is 0.326 e. The van der Waals surface area contributed by atoms with E-state index in [4.69, 9.17) is 5.73 Å². The van der Waals surface area contributed by atoms with E-state index in [1.54, 1.807) is 6.92 Å². The fourth-order valence-corrected chi connectivity index (χ4v) is 3.72. The molecule has 1 heterocycles. The highest BCUT2D eigenvalue weighted by molar-refractivity contribution is 7.80. The lowest BCUT2D eigenvalue weighted by atomic mass is 9.97. The van der Waals surface area contributed by atoms with Crippen molar-refractivity contribution in [1.29, 1.82) is 0 Å². The highest BCUT2D eigenvalue weighted by Gasteiger charge is 2.32. The van der Waals surface area contributed by atoms with Crippen LogP contribution in [-0.2, 0) is 32.0 Å². The molecule has 3 amide bonds. The van der Waals surface area contributed by atoms with Crippen LogP contribution >= 0.6 is 12.6 Å². The van der Waals surface area contributed by atoms with Crippen molar-refractivity contribution in [2.24, 2.45) is 11.7 Å². The zero-order valence-corrected chi connectivity index (χ0v) is 21.2. The average molecular weight is 519 g/mol. The average Bonchev–Trinajstić information content (AvgIpc) is 3.38. The molecule has 0 radical (unpaired) electrons. The third-order valence-corrected chi connectivity index (χ3v) is 6.20. The largest absolute Gasteiger partial charge is 0.480 e. The van der Waals surface area contributed by atoms with Gasteiger partial charge in [-0.1, -0.05) is 50.6 Å². The number of H-pyrrole nitrogens is 1. The van der Waals surface area contributed by atoms with Crippen LogP contribution in [0.1, 0.15) is 31.5 Å². The lowest BCUT2D eigenvalue weighted by Gasteiger charge is -2.27. The Labute approximate surface area is 215 Å². The van der Waals surface area contributed by atoms with E-state index in [0.29, 0.717) is 18.5 Å². The number of thiol groups is 1. The van der Waals surface area contributed by atoms with Crippen LogP contribution in [0.4, 0.5) is 0 Å². The van der Waals surface area contributed by atoms with Crippen LogP contribution in [0.2, 0.25) is 0 Å². The minimum atomic E-state index is -1.22. The zero-order chi connectivity index (χ0) is 26.7. The van der Waals surface area contributed by atoms with Gasteiger partial charge < -0.3 is 31.8 Å². The summed E-state index contributed by atoms with van der Waals surface area (Å²) in [5.41, 5.74) is 7.43. The van der Waals surface area contributed by atoms with Crippen LogP contribution in [0.3, 0.4) is 0 Å². The first-order valence-electron chi connectivity index (χ1n) is 11.7. The monoisotopic (exact) mass is 518 g/mol. The van der Waals surface area contributed by atoms with E-state index >= 15 is 0 Å². The number of hydrogen-bond acceptors (Lipinski definition) is 7. The maximum Gasteiger partial charge on any atom is 0.326 e. The summed E-state index contributed by atoms with van der Waals surface area (Å²) in [6.07, 6.45) is 3.71. The van der Waals surface area contributed by atoms with Crippen LogP contribution in [0.15, 0.2) is 42.9 Å². The zero-order valence-electron chi connectivity index (χ0n) is 20.3. The van der Waals surface area contributed by atoms with Crippen LogP contribution in [-0.4, -0.2) is 68.7 Å². The van der Waals surface area contributed by atoms with Crippen LogP contribution in [0.5, 0.6) is 0 Å². The summed E-state index contributed by atoms with van der Waals surface area (Å²) in [6.45, 7) is 3.61. The predicted octanol–water partition coefficient (Wildman–Crippen LogP) is 0.0371. The SMILES string of the molecule is CCC(C)C(NC(=O)C(CS)NC(=O)C(N)Cc1ccccc1)C(=O)NC(Cc1cnc[nH]1)C(=O)O. The minimum absolute atomic E-state index is 0.00310. The number of carboxylic acid groups (broad SMARTS) is 1. The van der Waals surface area contributed by atoms with Gasteiger partial charge >= 0.3 is 5.97 Å². The Bertz CT molecular complexity index is 1000. The third-order valence-electron chi connectivity index (χ3n) is 5.84. The fraction of sp³-hybridized carbons (Fsp3) is 0.458. The molecule has 0 saturated carbocycles. The van der Waals surface area contributed by atoms with Crippen LogP contribution in [0, 0.1) is 5.92 Å². The van der Waals surface area contributed by atoms with Gasteiger partial charge in [-0.3, -0.25) is 14.4 Å². The van der Waals surface area contributed by atoms with E-state index in [1.165, 1.54) is 12.5 Å². The van der Waals surface area contributed by atoms with Gasteiger partial charge in [-0.25, -0.2) is 9.78 Å². The maximum atomic E-state index is 13.0. The number of carboxylic acids is 1. The summed E-state index contributed by atoms with van der Waals surface area (Å²) in [4.78, 5) is 57.0. The second-order valence-electron chi connectivity index (χ2n) is 8.59. The van der Waals surface area contributed by atoms with E-state index in [0.717, 1.165) is 5.56 Å². The summed E-state index contributed by atoms with van der Waals surface area (Å²) < 4.78 is 0. The Hall–Kier alpha value is -3.38. The molecule has 0 bridgehead atoms. The Kier molecular flexibility index (Phi) is 11.4. The normalized spacial score (nSPS) is 15.1. The summed E-state index contributed by atoms with van der Waals surface area (Å²) in [5.74, 6) is -3.35. The summed E-state index contributed by atoms with van der Waals surface area (Å²) >= 11 is 4.17. The molecule has 2 aromatic rings. The van der Waals surface area contributed by atoms with Crippen molar-refractivity contribution in [2.45, 2.75) is 57.3 Å². The number of amides is 3. The van der Waals surface area contributed by atoms with Gasteiger partial charge in [-0.15, -0.1) is 0 Å². The molecule has 5 atom stereocenters. The van der Waals surface area contributed by atoms with Crippen LogP contribution < -0.4 is 21.7 Å². The highest BCUT2D eigenvalue weighted by Crippen LogP contribution is 2.10. The number of hydrogen-bond donors (Lipinski definition) is 7. The maximum absolute atomic E-state index is 13.0. The molecule has 0 fully saturated rings. The number of nitrogens with two attached hydrogens (primary N) is 1. The molecular weight excluding hydrogens is 484 g/mol. The van der Waals surface area contributed by atoms with E-state index in [2.05, 4.69) is 38.5 Å². The number of aromatic amines is 1. The van der Waals surface area contributed by atoms with Crippen molar-refractivity contribution < 1.29 is 24.3 Å². The fourth-order valence-electron chi connectivity index (χ4n) is 3.47. The standard InChI is InChI=1S/C24H34N6O5S/c1-3-14(2)20(23(33)28-18(24(34)35)10-16-11-26-13-27-16)30-22(32)19(12-36)29-21(31)17(25)9-15-7-5-4-6-8-15/h4-8,11,13-14,17-20,36H,3,9-10,12,25H2,1-2H3,(H,26,27)(H,28,33)(H,29,31)(H,30,32)(H,34,35). The van der Waals surface area contributed by atoms with Crippen molar-refractivity contribution >= 4 is 36.3 Å². The molecule has 0 saturated heterocycles. The topological polar surface area (TPSA) is 179 Å². The summed E-state index contributed by atoms with van der Waals surface area (Å²) in [5, 5.41) is 17.3. The second-order valence-corrected chi connectivity index (χ2v) is 8.96. The van der Waals surface area contributed by atoms with E-state index < -0.39 is 47.9 Å². The van der Waals surface area contributed by atoms with E-state index in [1.807, 2.05) is 37.3 Å². The molecule has 0 aliphatic carbocycles. The van der Waals surface area contributed by atoms with Gasteiger partial charge in [0, 0.05) is 24.1 Å². The molecule has 5 unspecified atom stereocenters. The first-order chi connectivity index (χ1) is 17.2. The lowest BCUT2D eigenvalue weighted by Crippen LogP contribution is -2.59. The molecule has 12 heteroatoms. The molecule has 0 aliphatic heterocycles. The molecular formula is C24H34N6O5S. The molecule has 0 spiro atoms. The van der Waals surface area contributed by atoms with Gasteiger partial charge in [0.2, 0.25) is 17.7 Å². The van der Waals surface area contributed by atoms with Gasteiger partial charge in [0.05, 0.1) is 12.4 Å². The van der Waals surface area contributed by atoms with Crippen molar-refractivity contribution in [3.05, 3.63) is 54.1 Å². The van der Waals surface area contributed by atoms with Crippen molar-refractivity contribution in [3.8, 4) is 0 Å². The number of imidazole rings is 1. The van der Waals surface area contributed by atoms with Gasteiger partial charge in [0.25, 0.3) is 0 Å². The highest BCUT2D eigenvalue weighted by atomic mass is 32.1. The quantitative estimate of drug-likeness (QED) is 0.172. The minimum Gasteiger partial charge on any atom is -0.480 e. The Morgan fingerprint density at radius 2 is 1.69 bits per heavy atom. The number of nitrogens with one attached hydrogen (secondary N) is 4. The summed E-state index contributed by atoms with van der Waals surface area (Å²) in [7, 11) is 0. The van der Waals surface area contributed by atoms with Crippen LogP contribution in [0.25, 0.3) is 0 Å². The molecule has 1 aromatic heterocycles. The number of nitrogens with zero attached hydrogens (tertiary/aromatic N) is 1. The van der Waals surface area contributed by atoms with Gasteiger partial charge in [-0.05, 0) is 17.9 Å². The Balaban J connectivity index is 2.04. The number of carbonyl (C=O) groups is 4. The molecule has 7 N–H and O–H groups in total. The first-order valence-corrected chi connectivity index (χ1v) is 12.3. The van der Waals surface area contributed by atoms with Gasteiger partial charge in [0.1, 0.15) is 18.1 Å². The van der Waals surface area contributed by atoms with E-state index in [9.17, 15) is 24.3 Å². The molecule has 36 heavy (non-hydrogen) atoms. The molecule has 0 aliphatic rings. The molecule has 2 rings (SSSR count). The van der Waals surface area contributed by atoms with Crippen molar-refractivity contribution in [1.82, 2.24) is 25.9 Å². The number of carbonyl (C=O) groups excluding carboxylic acids is 3. The first kappa shape index (κ1) is 28.9. The molecule has 196 valence electrons. The number of aromatic nitrogens is 2. The third kappa shape index (κ3) is 8.68. The Morgan fingerprint density at radius 1 is 1.03 bits per heavy atom. The molecule has 1 aromatic carbocycles. The molecule has 11 nitrogen and oxygen atoms in total. The van der Waals surface area contributed by atoms with Crippen molar-refractivity contribution in [3.63, 3.8) is 0 Å². The number of benzene rings is 1. The van der Waals surface area contributed by atoms with Crippen molar-refractivity contribution in [2.75, 3.05) is 5.75 Å². The summed E-state index contributed by atoms with van der Waals surface area (Å²) in [6, 6.07) is 5.07. The van der Waals surface area contributed by atoms with Gasteiger partial charge in [0.15, 0.2) is 0 Å². The van der Waals surface area contributed by atoms with E-state index in [-0.39, 0.29) is 18.1 Å².